The predicted molar refractivity (Wildman–Crippen MR) is 139 cm³/mol. The van der Waals surface area contributed by atoms with Crippen molar-refractivity contribution < 1.29 is 37.7 Å². The fourth-order valence-electron chi connectivity index (χ4n) is 3.78. The lowest BCUT2D eigenvalue weighted by molar-refractivity contribution is -0.223. The molecule has 2 heterocycles. The Hall–Kier alpha value is -4.30. The lowest BCUT2D eigenvalue weighted by Gasteiger charge is -2.36. The molecule has 1 aliphatic heterocycles. The molecule has 2 aromatic carbocycles. The second kappa shape index (κ2) is 11.6. The second-order valence-electron chi connectivity index (χ2n) is 8.33. The molecule has 10 nitrogen and oxygen atoms in total. The zero-order valence-electron chi connectivity index (χ0n) is 20.4. The molecule has 0 unspecified atom stereocenters. The molecule has 39 heavy (non-hydrogen) atoms. The van der Waals surface area contributed by atoms with E-state index in [4.69, 9.17) is 23.1 Å². The molecule has 4 rings (SSSR count). The molecule has 3 aromatic rings. The summed E-state index contributed by atoms with van der Waals surface area (Å²) >= 11 is 0. The van der Waals surface area contributed by atoms with Crippen molar-refractivity contribution in [3.8, 4) is 11.6 Å². The third-order valence-electron chi connectivity index (χ3n) is 5.44. The van der Waals surface area contributed by atoms with Gasteiger partial charge in [0.05, 0.1) is 18.8 Å². The smallest absolute Gasteiger partial charge is 0.335 e. The molecule has 0 fully saturated rings. The fraction of sp³-hybridized carbons (Fsp3) is 0.240. The van der Waals surface area contributed by atoms with E-state index in [1.54, 1.807) is 24.3 Å². The lowest BCUT2D eigenvalue weighted by Crippen LogP contribution is -2.45. The number of nitrogen functional groups attached to an aromatic ring is 1. The first-order chi connectivity index (χ1) is 18.6. The van der Waals surface area contributed by atoms with Gasteiger partial charge in [-0.1, -0.05) is 0 Å². The molecule has 0 bridgehead atoms. The molecule has 0 spiro atoms. The summed E-state index contributed by atoms with van der Waals surface area (Å²) in [5.41, 5.74) is 8.20. The number of rotatable bonds is 10. The van der Waals surface area contributed by atoms with E-state index < -0.39 is 31.6 Å². The number of carbonyl (C=O) groups is 1. The third-order valence-corrected chi connectivity index (χ3v) is 5.44. The van der Waals surface area contributed by atoms with Crippen LogP contribution in [0.25, 0.3) is 0 Å². The summed E-state index contributed by atoms with van der Waals surface area (Å²) in [6.45, 7) is -1.47. The number of ether oxygens (including phenoxy) is 2. The number of nitrogens with zero attached hydrogens (tertiary/aromatic N) is 4. The van der Waals surface area contributed by atoms with Gasteiger partial charge in [0.2, 0.25) is 13.7 Å². The number of benzene rings is 2. The number of fused-ring (bicyclic) bond motifs is 1. The molecule has 1 aliphatic rings. The van der Waals surface area contributed by atoms with Crippen LogP contribution in [0.3, 0.4) is 0 Å². The molecule has 1 aromatic heterocycles. The number of hydrogen-bond acceptors (Lipinski definition) is 8. The van der Waals surface area contributed by atoms with E-state index in [-0.39, 0.29) is 36.2 Å². The number of amides is 2. The van der Waals surface area contributed by atoms with Crippen LogP contribution in [0.2, 0.25) is 0 Å². The van der Waals surface area contributed by atoms with Gasteiger partial charge in [0.1, 0.15) is 18.2 Å². The Labute approximate surface area is 222 Å². The minimum absolute atomic E-state index is 0.00879. The Morgan fingerprint density at radius 3 is 2.54 bits per heavy atom. The number of aromatic nitrogens is 1. The van der Waals surface area contributed by atoms with Crippen molar-refractivity contribution in [1.82, 2.24) is 4.98 Å². The van der Waals surface area contributed by atoms with Gasteiger partial charge < -0.3 is 25.4 Å². The van der Waals surface area contributed by atoms with Crippen molar-refractivity contribution in [2.75, 3.05) is 35.4 Å². The van der Waals surface area contributed by atoms with Gasteiger partial charge in [-0.3, -0.25) is 9.89 Å². The Kier molecular flexibility index (Phi) is 8.26. The SMILES string of the molecule is [B]C(O)(O)Oc1ccc(N2C(=O)N(c3ccc(N)c(C=NCCF)c3)Cc3ccc(OCC(F)F)nc32)cc1. The Bertz CT molecular complexity index is 1350. The van der Waals surface area contributed by atoms with Gasteiger partial charge in [-0.15, -0.1) is 0 Å². The molecule has 0 atom stereocenters. The summed E-state index contributed by atoms with van der Waals surface area (Å²) in [4.78, 5) is 24.8. The minimum atomic E-state index is -2.91. The highest BCUT2D eigenvalue weighted by atomic mass is 19.3. The van der Waals surface area contributed by atoms with Crippen LogP contribution in [0.1, 0.15) is 11.1 Å². The fourth-order valence-corrected chi connectivity index (χ4v) is 3.78. The van der Waals surface area contributed by atoms with Crippen molar-refractivity contribution in [3.05, 3.63) is 65.7 Å². The predicted octanol–water partition coefficient (Wildman–Crippen LogP) is 3.12. The Morgan fingerprint density at radius 2 is 1.87 bits per heavy atom. The van der Waals surface area contributed by atoms with Crippen LogP contribution >= 0.6 is 0 Å². The average Bonchev–Trinajstić information content (AvgIpc) is 2.88. The van der Waals surface area contributed by atoms with Crippen LogP contribution in [0, 0.1) is 0 Å². The molecule has 4 N–H and O–H groups in total. The van der Waals surface area contributed by atoms with E-state index >= 15 is 0 Å². The number of hydrogen-bond donors (Lipinski definition) is 3. The quantitative estimate of drug-likeness (QED) is 0.156. The van der Waals surface area contributed by atoms with Crippen molar-refractivity contribution in [2.45, 2.75) is 18.8 Å². The second-order valence-corrected chi connectivity index (χ2v) is 8.33. The maximum Gasteiger partial charge on any atom is 0.335 e. The van der Waals surface area contributed by atoms with Crippen molar-refractivity contribution in [3.63, 3.8) is 0 Å². The lowest BCUT2D eigenvalue weighted by atomic mass is 10.1. The molecule has 2 amide bonds. The van der Waals surface area contributed by atoms with Crippen molar-refractivity contribution in [2.24, 2.45) is 4.99 Å². The zero-order chi connectivity index (χ0) is 28.2. The summed E-state index contributed by atoms with van der Waals surface area (Å²) in [6, 6.07) is 12.9. The molecular formula is C25H23BF3N5O5. The summed E-state index contributed by atoms with van der Waals surface area (Å²) in [6.07, 6.45) is -1.30. The number of aliphatic hydroxyl groups is 2. The molecule has 14 heteroatoms. The van der Waals surface area contributed by atoms with Crippen molar-refractivity contribution in [1.29, 1.82) is 0 Å². The third kappa shape index (κ3) is 6.78. The molecule has 202 valence electrons. The highest BCUT2D eigenvalue weighted by molar-refractivity contribution is 6.12. The Morgan fingerprint density at radius 1 is 1.15 bits per heavy atom. The average molecular weight is 541 g/mol. The van der Waals surface area contributed by atoms with Gasteiger partial charge in [0, 0.05) is 34.8 Å². The standard InChI is InChI=1S/C25H23BF3N5O5/c26-25(36,37)39-19-5-2-17(3-6-19)34-23-15(1-8-22(32-23)38-14-21(28)29)13-33(24(34)35)18-4-7-20(30)16(11-18)12-31-10-9-27/h1-8,11-12,21,36-37H,9-10,13-14,30H2. The number of alkyl halides is 3. The first-order valence-electron chi connectivity index (χ1n) is 11.6. The van der Waals surface area contributed by atoms with E-state index in [0.717, 1.165) is 0 Å². The first kappa shape index (κ1) is 27.7. The van der Waals surface area contributed by atoms with Crippen LogP contribution in [0.4, 0.5) is 40.8 Å². The highest BCUT2D eigenvalue weighted by Crippen LogP contribution is 2.38. The summed E-state index contributed by atoms with van der Waals surface area (Å²) in [5, 5.41) is 18.6. The number of carbonyl (C=O) groups excluding carboxylic acids is 1. The minimum Gasteiger partial charge on any atom is -0.472 e. The summed E-state index contributed by atoms with van der Waals surface area (Å²) in [7, 11) is 5.05. The molecular weight excluding hydrogens is 518 g/mol. The normalized spacial score (nSPS) is 13.7. The van der Waals surface area contributed by atoms with Gasteiger partial charge >= 0.3 is 6.03 Å². The van der Waals surface area contributed by atoms with Crippen LogP contribution < -0.4 is 25.0 Å². The maximum atomic E-state index is 13.8. The van der Waals surface area contributed by atoms with E-state index in [9.17, 15) is 28.2 Å². The molecule has 2 radical (unpaired) electrons. The van der Waals surface area contributed by atoms with E-state index in [1.807, 2.05) is 0 Å². The van der Waals surface area contributed by atoms with Crippen molar-refractivity contribution >= 4 is 43.0 Å². The van der Waals surface area contributed by atoms with E-state index in [2.05, 4.69) is 9.98 Å². The van der Waals surface area contributed by atoms with E-state index in [1.165, 1.54) is 46.3 Å². The van der Waals surface area contributed by atoms with Gasteiger partial charge in [-0.25, -0.2) is 22.9 Å². The number of anilines is 4. The van der Waals surface area contributed by atoms with Gasteiger partial charge in [0.15, 0.2) is 6.61 Å². The summed E-state index contributed by atoms with van der Waals surface area (Å²) < 4.78 is 47.7. The van der Waals surface area contributed by atoms with Gasteiger partial charge in [-0.05, 0) is 48.5 Å². The monoisotopic (exact) mass is 541 g/mol. The van der Waals surface area contributed by atoms with Crippen LogP contribution in [-0.4, -0.2) is 67.4 Å². The van der Waals surface area contributed by atoms with Crippen LogP contribution in [0.5, 0.6) is 11.6 Å². The van der Waals surface area contributed by atoms with Gasteiger partial charge in [0.25, 0.3) is 12.3 Å². The van der Waals surface area contributed by atoms with Crippen LogP contribution in [0.15, 0.2) is 59.6 Å². The highest BCUT2D eigenvalue weighted by Gasteiger charge is 2.34. The largest absolute Gasteiger partial charge is 0.472 e. The maximum absolute atomic E-state index is 13.8. The van der Waals surface area contributed by atoms with Crippen LogP contribution in [-0.2, 0) is 6.54 Å². The number of urea groups is 1. The number of halogens is 3. The molecule has 0 saturated carbocycles. The topological polar surface area (TPSA) is 134 Å². The first-order valence-corrected chi connectivity index (χ1v) is 11.6. The Balaban J connectivity index is 1.75. The number of aliphatic imine (C=N–C) groups is 1. The van der Waals surface area contributed by atoms with Gasteiger partial charge in [-0.2, -0.15) is 4.98 Å². The number of pyridine rings is 1. The summed E-state index contributed by atoms with van der Waals surface area (Å²) in [5.74, 6) is -2.88. The molecule has 0 aliphatic carbocycles. The number of nitrogens with two attached hydrogens (primary N) is 1. The zero-order valence-corrected chi connectivity index (χ0v) is 20.4. The molecule has 0 saturated heterocycles. The van der Waals surface area contributed by atoms with E-state index in [0.29, 0.717) is 22.5 Å².